The first-order chi connectivity index (χ1) is 15.4. The predicted octanol–water partition coefficient (Wildman–Crippen LogP) is 2.83. The Labute approximate surface area is 195 Å². The second-order valence-electron chi connectivity index (χ2n) is 9.09. The first-order valence-electron chi connectivity index (χ1n) is 11.9. The molecular formula is C23H37N5O3S. The lowest BCUT2D eigenvalue weighted by Gasteiger charge is -2.41. The van der Waals surface area contributed by atoms with Crippen LogP contribution in [0.25, 0.3) is 0 Å². The molecule has 0 bridgehead atoms. The number of hydrogen-bond donors (Lipinski definition) is 2. The van der Waals surface area contributed by atoms with Gasteiger partial charge in [0.1, 0.15) is 11.2 Å². The Balaban J connectivity index is 1.64. The van der Waals surface area contributed by atoms with Gasteiger partial charge >= 0.3 is 0 Å². The SMILES string of the molecule is CCCSCCCNC(=O)c1cc2n(n1)C[C@@](C)(C(=O)NC1CCCCCC1)N(C)C2=O. The molecule has 3 rings (SSSR count). The maximum Gasteiger partial charge on any atom is 0.272 e. The van der Waals surface area contributed by atoms with Crippen LogP contribution in [0.2, 0.25) is 0 Å². The summed E-state index contributed by atoms with van der Waals surface area (Å²) in [6.45, 7) is 4.73. The van der Waals surface area contributed by atoms with E-state index in [1.54, 1.807) is 14.0 Å². The van der Waals surface area contributed by atoms with E-state index >= 15 is 0 Å². The van der Waals surface area contributed by atoms with E-state index < -0.39 is 5.54 Å². The summed E-state index contributed by atoms with van der Waals surface area (Å²) in [6.07, 6.45) is 8.66. The lowest BCUT2D eigenvalue weighted by atomic mass is 9.95. The summed E-state index contributed by atoms with van der Waals surface area (Å²) in [7, 11) is 1.65. The van der Waals surface area contributed by atoms with Crippen LogP contribution in [0.1, 0.15) is 86.2 Å². The van der Waals surface area contributed by atoms with E-state index in [4.69, 9.17) is 0 Å². The summed E-state index contributed by atoms with van der Waals surface area (Å²) < 4.78 is 1.51. The van der Waals surface area contributed by atoms with Gasteiger partial charge in [-0.15, -0.1) is 0 Å². The van der Waals surface area contributed by atoms with Crippen molar-refractivity contribution in [1.29, 1.82) is 0 Å². The molecule has 1 aliphatic heterocycles. The highest BCUT2D eigenvalue weighted by Crippen LogP contribution is 2.27. The summed E-state index contributed by atoms with van der Waals surface area (Å²) >= 11 is 1.88. The van der Waals surface area contributed by atoms with Gasteiger partial charge in [0.25, 0.3) is 11.8 Å². The number of aromatic nitrogens is 2. The summed E-state index contributed by atoms with van der Waals surface area (Å²) in [6, 6.07) is 1.68. The van der Waals surface area contributed by atoms with Crippen molar-refractivity contribution in [2.24, 2.45) is 0 Å². The van der Waals surface area contributed by atoms with Gasteiger partial charge < -0.3 is 15.5 Å². The number of likely N-dealkylation sites (N-methyl/N-ethyl adjacent to an activating group) is 1. The van der Waals surface area contributed by atoms with Gasteiger partial charge in [0.15, 0.2) is 5.69 Å². The molecule has 1 aliphatic carbocycles. The molecule has 1 atom stereocenters. The summed E-state index contributed by atoms with van der Waals surface area (Å²) in [5, 5.41) is 10.4. The topological polar surface area (TPSA) is 96.3 Å². The standard InChI is InChI=1S/C23H37N5O3S/c1-4-13-32-14-9-12-24-20(29)18-15-19-21(30)27(3)23(2,16-28(19)26-18)22(31)25-17-10-7-5-6-8-11-17/h15,17H,4-14,16H2,1-3H3,(H,24,29)(H,25,31)/t23-/m0/s1. The zero-order valence-corrected chi connectivity index (χ0v) is 20.4. The lowest BCUT2D eigenvalue weighted by Crippen LogP contribution is -2.63. The molecule has 32 heavy (non-hydrogen) atoms. The van der Waals surface area contributed by atoms with Crippen molar-refractivity contribution < 1.29 is 14.4 Å². The molecule has 0 saturated heterocycles. The molecule has 2 heterocycles. The van der Waals surface area contributed by atoms with Gasteiger partial charge in [0.05, 0.1) is 6.54 Å². The van der Waals surface area contributed by atoms with E-state index in [0.717, 1.165) is 50.0 Å². The number of fused-ring (bicyclic) bond motifs is 1. The van der Waals surface area contributed by atoms with E-state index in [9.17, 15) is 14.4 Å². The maximum atomic E-state index is 13.2. The molecule has 2 aliphatic rings. The van der Waals surface area contributed by atoms with Crippen LogP contribution in [0.15, 0.2) is 6.07 Å². The van der Waals surface area contributed by atoms with Crippen LogP contribution in [0.5, 0.6) is 0 Å². The molecular weight excluding hydrogens is 426 g/mol. The number of amides is 3. The number of carbonyl (C=O) groups excluding carboxylic acids is 3. The highest BCUT2D eigenvalue weighted by Gasteiger charge is 2.46. The number of hydrogen-bond acceptors (Lipinski definition) is 5. The quantitative estimate of drug-likeness (QED) is 0.434. The largest absolute Gasteiger partial charge is 0.351 e. The Morgan fingerprint density at radius 3 is 2.62 bits per heavy atom. The fourth-order valence-corrected chi connectivity index (χ4v) is 5.16. The Bertz CT molecular complexity index is 819. The average molecular weight is 464 g/mol. The third-order valence-electron chi connectivity index (χ3n) is 6.51. The third kappa shape index (κ3) is 5.66. The normalized spacial score (nSPS) is 21.7. The first-order valence-corrected chi connectivity index (χ1v) is 13.0. The van der Waals surface area contributed by atoms with Gasteiger partial charge in [-0.2, -0.15) is 16.9 Å². The lowest BCUT2D eigenvalue weighted by molar-refractivity contribution is -0.133. The van der Waals surface area contributed by atoms with Crippen molar-refractivity contribution in [3.63, 3.8) is 0 Å². The number of nitrogens with zero attached hydrogens (tertiary/aromatic N) is 3. The minimum Gasteiger partial charge on any atom is -0.351 e. The van der Waals surface area contributed by atoms with Crippen molar-refractivity contribution in [2.45, 2.75) is 83.3 Å². The van der Waals surface area contributed by atoms with E-state index in [0.29, 0.717) is 12.2 Å². The van der Waals surface area contributed by atoms with Crippen LogP contribution in [0.4, 0.5) is 0 Å². The summed E-state index contributed by atoms with van der Waals surface area (Å²) in [5.41, 5.74) is -0.487. The smallest absolute Gasteiger partial charge is 0.272 e. The molecule has 178 valence electrons. The molecule has 1 saturated carbocycles. The van der Waals surface area contributed by atoms with E-state index in [2.05, 4.69) is 22.7 Å². The third-order valence-corrected chi connectivity index (χ3v) is 7.79. The van der Waals surface area contributed by atoms with Gasteiger partial charge in [-0.05, 0) is 44.1 Å². The number of carbonyl (C=O) groups is 3. The van der Waals surface area contributed by atoms with Crippen molar-refractivity contribution in [3.8, 4) is 0 Å². The number of nitrogens with one attached hydrogen (secondary N) is 2. The van der Waals surface area contributed by atoms with Crippen molar-refractivity contribution in [3.05, 3.63) is 17.5 Å². The van der Waals surface area contributed by atoms with Crippen LogP contribution < -0.4 is 10.6 Å². The zero-order chi connectivity index (χ0) is 23.1. The van der Waals surface area contributed by atoms with E-state index in [1.807, 2.05) is 11.8 Å². The Morgan fingerprint density at radius 2 is 1.94 bits per heavy atom. The maximum absolute atomic E-state index is 13.2. The number of thioether (sulfide) groups is 1. The molecule has 9 heteroatoms. The Morgan fingerprint density at radius 1 is 1.22 bits per heavy atom. The predicted molar refractivity (Wildman–Crippen MR) is 127 cm³/mol. The molecule has 1 aromatic heterocycles. The molecule has 3 amide bonds. The van der Waals surface area contributed by atoms with Crippen LogP contribution in [-0.2, 0) is 11.3 Å². The number of rotatable bonds is 9. The fraction of sp³-hybridized carbons (Fsp3) is 0.739. The van der Waals surface area contributed by atoms with Crippen LogP contribution in [0.3, 0.4) is 0 Å². The Hall–Kier alpha value is -2.03. The fourth-order valence-electron chi connectivity index (χ4n) is 4.32. The highest BCUT2D eigenvalue weighted by molar-refractivity contribution is 7.99. The minimum absolute atomic E-state index is 0.154. The molecule has 1 fully saturated rings. The van der Waals surface area contributed by atoms with Crippen molar-refractivity contribution in [1.82, 2.24) is 25.3 Å². The minimum atomic E-state index is -1.05. The molecule has 0 spiro atoms. The van der Waals surface area contributed by atoms with Crippen molar-refractivity contribution in [2.75, 3.05) is 25.1 Å². The van der Waals surface area contributed by atoms with Gasteiger partial charge in [0.2, 0.25) is 5.91 Å². The van der Waals surface area contributed by atoms with Gasteiger partial charge in [0, 0.05) is 25.7 Å². The molecule has 8 nitrogen and oxygen atoms in total. The van der Waals surface area contributed by atoms with Crippen LogP contribution >= 0.6 is 11.8 Å². The van der Waals surface area contributed by atoms with Crippen LogP contribution in [-0.4, -0.2) is 69.1 Å². The molecule has 2 N–H and O–H groups in total. The highest BCUT2D eigenvalue weighted by atomic mass is 32.2. The van der Waals surface area contributed by atoms with Gasteiger partial charge in [-0.25, -0.2) is 0 Å². The van der Waals surface area contributed by atoms with Crippen molar-refractivity contribution >= 4 is 29.5 Å². The Kier molecular flexibility index (Phi) is 8.62. The van der Waals surface area contributed by atoms with Gasteiger partial charge in [-0.1, -0.05) is 32.6 Å². The summed E-state index contributed by atoms with van der Waals surface area (Å²) in [4.78, 5) is 40.3. The molecule has 0 radical (unpaired) electrons. The zero-order valence-electron chi connectivity index (χ0n) is 19.6. The average Bonchev–Trinajstić information content (AvgIpc) is 3.03. The molecule has 1 aromatic rings. The first kappa shape index (κ1) is 24.6. The van der Waals surface area contributed by atoms with E-state index in [1.165, 1.54) is 28.5 Å². The monoisotopic (exact) mass is 463 g/mol. The summed E-state index contributed by atoms with van der Waals surface area (Å²) in [5.74, 6) is 1.40. The van der Waals surface area contributed by atoms with E-state index in [-0.39, 0.29) is 36.0 Å². The molecule has 0 unspecified atom stereocenters. The van der Waals surface area contributed by atoms with Crippen LogP contribution in [0, 0.1) is 0 Å². The van der Waals surface area contributed by atoms with Gasteiger partial charge in [-0.3, -0.25) is 19.1 Å². The second-order valence-corrected chi connectivity index (χ2v) is 10.3. The second kappa shape index (κ2) is 11.2. The molecule has 0 aromatic carbocycles.